The van der Waals surface area contributed by atoms with E-state index in [-0.39, 0.29) is 6.79 Å². The van der Waals surface area contributed by atoms with Gasteiger partial charge in [-0.05, 0) is 43.4 Å². The molecule has 5 nitrogen and oxygen atoms in total. The van der Waals surface area contributed by atoms with Crippen LogP contribution < -0.4 is 14.4 Å². The molecule has 21 heavy (non-hydrogen) atoms. The molecule has 2 aliphatic heterocycles. The minimum Gasteiger partial charge on any atom is -0.454 e. The summed E-state index contributed by atoms with van der Waals surface area (Å²) in [6.07, 6.45) is 3.35. The predicted octanol–water partition coefficient (Wildman–Crippen LogP) is 2.31. The van der Waals surface area contributed by atoms with Crippen molar-refractivity contribution in [1.82, 2.24) is 4.98 Å². The highest BCUT2D eigenvalue weighted by Crippen LogP contribution is 2.39. The third-order valence-electron chi connectivity index (χ3n) is 4.38. The highest BCUT2D eigenvalue weighted by molar-refractivity contribution is 5.94. The van der Waals surface area contributed by atoms with Gasteiger partial charge >= 0.3 is 0 Å². The van der Waals surface area contributed by atoms with Crippen LogP contribution in [0.1, 0.15) is 19.8 Å². The fourth-order valence-corrected chi connectivity index (χ4v) is 3.00. The predicted molar refractivity (Wildman–Crippen MR) is 79.9 cm³/mol. The first-order chi connectivity index (χ1) is 10.1. The van der Waals surface area contributed by atoms with Crippen molar-refractivity contribution in [2.75, 3.05) is 24.8 Å². The SMILES string of the molecule is CC1(O)CCN(c2nccc3cc4c(cc23)OCO4)CC1. The maximum absolute atomic E-state index is 10.1. The van der Waals surface area contributed by atoms with E-state index in [4.69, 9.17) is 9.47 Å². The second-order valence-electron chi connectivity index (χ2n) is 6.05. The smallest absolute Gasteiger partial charge is 0.231 e. The quantitative estimate of drug-likeness (QED) is 0.872. The summed E-state index contributed by atoms with van der Waals surface area (Å²) in [6.45, 7) is 3.81. The molecule has 0 radical (unpaired) electrons. The van der Waals surface area contributed by atoms with Crippen LogP contribution in [0.4, 0.5) is 5.82 Å². The fourth-order valence-electron chi connectivity index (χ4n) is 3.00. The molecule has 4 rings (SSSR count). The Morgan fingerprint density at radius 1 is 1.19 bits per heavy atom. The molecule has 0 aliphatic carbocycles. The summed E-state index contributed by atoms with van der Waals surface area (Å²) in [4.78, 5) is 6.79. The van der Waals surface area contributed by atoms with Gasteiger partial charge in [0.2, 0.25) is 6.79 Å². The molecule has 2 aromatic rings. The van der Waals surface area contributed by atoms with Gasteiger partial charge in [0.25, 0.3) is 0 Å². The Balaban J connectivity index is 1.75. The number of nitrogens with zero attached hydrogens (tertiary/aromatic N) is 2. The number of hydrogen-bond donors (Lipinski definition) is 1. The molecule has 0 amide bonds. The Morgan fingerprint density at radius 2 is 1.90 bits per heavy atom. The monoisotopic (exact) mass is 286 g/mol. The van der Waals surface area contributed by atoms with Gasteiger partial charge in [-0.3, -0.25) is 0 Å². The van der Waals surface area contributed by atoms with E-state index in [1.807, 2.05) is 31.3 Å². The van der Waals surface area contributed by atoms with Crippen LogP contribution in [0.25, 0.3) is 10.8 Å². The Hall–Kier alpha value is -2.01. The van der Waals surface area contributed by atoms with Crippen LogP contribution in [0, 0.1) is 0 Å². The van der Waals surface area contributed by atoms with E-state index < -0.39 is 5.60 Å². The van der Waals surface area contributed by atoms with Gasteiger partial charge in [0.15, 0.2) is 11.5 Å². The third-order valence-corrected chi connectivity index (χ3v) is 4.38. The number of aromatic nitrogens is 1. The van der Waals surface area contributed by atoms with Crippen molar-refractivity contribution >= 4 is 16.6 Å². The van der Waals surface area contributed by atoms with Crippen LogP contribution in [0.15, 0.2) is 24.4 Å². The zero-order chi connectivity index (χ0) is 14.4. The number of fused-ring (bicyclic) bond motifs is 2. The first-order valence-corrected chi connectivity index (χ1v) is 7.28. The number of anilines is 1. The van der Waals surface area contributed by atoms with Gasteiger partial charge in [0, 0.05) is 24.7 Å². The van der Waals surface area contributed by atoms with Crippen LogP contribution in [-0.4, -0.2) is 35.6 Å². The van der Waals surface area contributed by atoms with E-state index in [2.05, 4.69) is 9.88 Å². The Morgan fingerprint density at radius 3 is 2.67 bits per heavy atom. The van der Waals surface area contributed by atoms with E-state index in [0.29, 0.717) is 0 Å². The lowest BCUT2D eigenvalue weighted by molar-refractivity contribution is 0.0350. The Kier molecular flexibility index (Phi) is 2.72. The summed E-state index contributed by atoms with van der Waals surface area (Å²) in [5.74, 6) is 2.53. The molecule has 1 saturated heterocycles. The van der Waals surface area contributed by atoms with Gasteiger partial charge in [0.1, 0.15) is 5.82 Å². The van der Waals surface area contributed by atoms with Gasteiger partial charge in [-0.15, -0.1) is 0 Å². The van der Waals surface area contributed by atoms with Crippen molar-refractivity contribution in [3.8, 4) is 11.5 Å². The average molecular weight is 286 g/mol. The molecule has 0 atom stereocenters. The van der Waals surface area contributed by atoms with Crippen LogP contribution in [0.3, 0.4) is 0 Å². The van der Waals surface area contributed by atoms with Crippen molar-refractivity contribution < 1.29 is 14.6 Å². The number of aliphatic hydroxyl groups is 1. The molecule has 1 aromatic carbocycles. The van der Waals surface area contributed by atoms with Crippen molar-refractivity contribution in [2.45, 2.75) is 25.4 Å². The maximum Gasteiger partial charge on any atom is 0.231 e. The molecule has 0 saturated carbocycles. The van der Waals surface area contributed by atoms with Crippen molar-refractivity contribution in [2.24, 2.45) is 0 Å². The topological polar surface area (TPSA) is 54.8 Å². The lowest BCUT2D eigenvalue weighted by Crippen LogP contribution is -2.42. The summed E-state index contributed by atoms with van der Waals surface area (Å²) < 4.78 is 10.9. The molecule has 0 spiro atoms. The Bertz CT molecular complexity index is 689. The zero-order valence-corrected chi connectivity index (χ0v) is 12.0. The molecule has 3 heterocycles. The maximum atomic E-state index is 10.1. The van der Waals surface area contributed by atoms with Gasteiger partial charge in [-0.25, -0.2) is 4.98 Å². The van der Waals surface area contributed by atoms with Crippen LogP contribution in [-0.2, 0) is 0 Å². The number of piperidine rings is 1. The van der Waals surface area contributed by atoms with Crippen LogP contribution >= 0.6 is 0 Å². The first-order valence-electron chi connectivity index (χ1n) is 7.28. The van der Waals surface area contributed by atoms with Crippen LogP contribution in [0.2, 0.25) is 0 Å². The largest absolute Gasteiger partial charge is 0.454 e. The Labute approximate surface area is 123 Å². The molecule has 1 N–H and O–H groups in total. The second-order valence-corrected chi connectivity index (χ2v) is 6.05. The zero-order valence-electron chi connectivity index (χ0n) is 12.0. The van der Waals surface area contributed by atoms with E-state index in [1.165, 1.54) is 0 Å². The van der Waals surface area contributed by atoms with E-state index in [9.17, 15) is 5.11 Å². The van der Waals surface area contributed by atoms with Gasteiger partial charge in [0.05, 0.1) is 5.60 Å². The second kappa shape index (κ2) is 4.49. The van der Waals surface area contributed by atoms with Crippen molar-refractivity contribution in [3.63, 3.8) is 0 Å². The number of ether oxygens (including phenoxy) is 2. The molecule has 1 fully saturated rings. The molecular weight excluding hydrogens is 268 g/mol. The number of rotatable bonds is 1. The van der Waals surface area contributed by atoms with Gasteiger partial charge < -0.3 is 19.5 Å². The number of benzene rings is 1. The average Bonchev–Trinajstić information content (AvgIpc) is 2.92. The molecular formula is C16H18N2O3. The lowest BCUT2D eigenvalue weighted by atomic mass is 9.93. The summed E-state index contributed by atoms with van der Waals surface area (Å²) >= 11 is 0. The third kappa shape index (κ3) is 2.17. The summed E-state index contributed by atoms with van der Waals surface area (Å²) in [5.41, 5.74) is -0.556. The molecule has 110 valence electrons. The summed E-state index contributed by atoms with van der Waals surface area (Å²) in [5, 5.41) is 12.3. The van der Waals surface area contributed by atoms with Crippen LogP contribution in [0.5, 0.6) is 11.5 Å². The molecule has 1 aromatic heterocycles. The summed E-state index contributed by atoms with van der Waals surface area (Å²) in [7, 11) is 0. The van der Waals surface area contributed by atoms with Crippen molar-refractivity contribution in [3.05, 3.63) is 24.4 Å². The molecule has 0 unspecified atom stereocenters. The highest BCUT2D eigenvalue weighted by Gasteiger charge is 2.29. The molecule has 0 bridgehead atoms. The van der Waals surface area contributed by atoms with E-state index in [0.717, 1.165) is 54.0 Å². The number of pyridine rings is 1. The molecule has 2 aliphatic rings. The van der Waals surface area contributed by atoms with Gasteiger partial charge in [-0.2, -0.15) is 0 Å². The first kappa shape index (κ1) is 12.7. The number of hydrogen-bond acceptors (Lipinski definition) is 5. The highest BCUT2D eigenvalue weighted by atomic mass is 16.7. The minimum absolute atomic E-state index is 0.279. The van der Waals surface area contributed by atoms with Gasteiger partial charge in [-0.1, -0.05) is 0 Å². The lowest BCUT2D eigenvalue weighted by Gasteiger charge is -2.36. The summed E-state index contributed by atoms with van der Waals surface area (Å²) in [6, 6.07) is 6.00. The minimum atomic E-state index is -0.556. The van der Waals surface area contributed by atoms with E-state index in [1.54, 1.807) is 0 Å². The fraction of sp³-hybridized carbons (Fsp3) is 0.438. The van der Waals surface area contributed by atoms with E-state index >= 15 is 0 Å². The molecule has 5 heteroatoms. The standard InChI is InChI=1S/C16H18N2O3/c1-16(19)3-6-18(7-4-16)15-12-9-14-13(20-10-21-14)8-11(12)2-5-17-15/h2,5,8-9,19H,3-4,6-7,10H2,1H3. The van der Waals surface area contributed by atoms with Crippen molar-refractivity contribution in [1.29, 1.82) is 0 Å². The normalized spacial score (nSPS) is 20.0.